The number of anilines is 2. The minimum Gasteiger partial charge on any atom is -0.398 e. The molecule has 2 aromatic carbocycles. The average molecular weight is 324 g/mol. The van der Waals surface area contributed by atoms with Crippen molar-refractivity contribution >= 4 is 39.7 Å². The van der Waals surface area contributed by atoms with E-state index in [1.165, 1.54) is 0 Å². The van der Waals surface area contributed by atoms with E-state index in [2.05, 4.69) is 4.98 Å². The number of pyridine rings is 1. The molecule has 3 aromatic rings. The Morgan fingerprint density at radius 3 is 2.87 bits per heavy atom. The Bertz CT molecular complexity index is 939. The lowest BCUT2D eigenvalue weighted by atomic mass is 9.98. The van der Waals surface area contributed by atoms with Crippen LogP contribution in [0, 0.1) is 0 Å². The third-order valence-electron chi connectivity index (χ3n) is 4.25. The summed E-state index contributed by atoms with van der Waals surface area (Å²) in [6, 6.07) is 11.1. The van der Waals surface area contributed by atoms with Gasteiger partial charge < -0.3 is 10.6 Å². The van der Waals surface area contributed by atoms with Crippen molar-refractivity contribution in [2.75, 3.05) is 17.2 Å². The van der Waals surface area contributed by atoms with Gasteiger partial charge in [-0.1, -0.05) is 23.7 Å². The zero-order valence-corrected chi connectivity index (χ0v) is 13.0. The van der Waals surface area contributed by atoms with Gasteiger partial charge in [0.1, 0.15) is 0 Å². The van der Waals surface area contributed by atoms with Crippen LogP contribution < -0.4 is 10.6 Å². The largest absolute Gasteiger partial charge is 0.398 e. The molecule has 1 amide bonds. The molecule has 0 aliphatic carbocycles. The Balaban J connectivity index is 1.85. The molecule has 4 rings (SSSR count). The zero-order chi connectivity index (χ0) is 16.0. The van der Waals surface area contributed by atoms with E-state index in [1.807, 2.05) is 24.3 Å². The number of halogens is 1. The molecule has 0 saturated heterocycles. The Morgan fingerprint density at radius 1 is 1.13 bits per heavy atom. The molecule has 2 heterocycles. The maximum Gasteiger partial charge on any atom is 0.258 e. The predicted molar refractivity (Wildman–Crippen MR) is 93.0 cm³/mol. The van der Waals surface area contributed by atoms with Gasteiger partial charge in [0.15, 0.2) is 0 Å². The monoisotopic (exact) mass is 323 g/mol. The predicted octanol–water partition coefficient (Wildman–Crippen LogP) is 3.67. The van der Waals surface area contributed by atoms with Crippen LogP contribution in [0.25, 0.3) is 10.8 Å². The quantitative estimate of drug-likeness (QED) is 0.695. The number of nitrogens with two attached hydrogens (primary N) is 1. The minimum atomic E-state index is -0.0281. The van der Waals surface area contributed by atoms with E-state index in [9.17, 15) is 4.79 Å². The number of rotatable bonds is 1. The number of hydrogen-bond donors (Lipinski definition) is 1. The Hall–Kier alpha value is -2.59. The van der Waals surface area contributed by atoms with Crippen LogP contribution in [0.15, 0.2) is 48.8 Å². The van der Waals surface area contributed by atoms with Crippen molar-refractivity contribution in [1.29, 1.82) is 0 Å². The van der Waals surface area contributed by atoms with Gasteiger partial charge in [0.2, 0.25) is 0 Å². The van der Waals surface area contributed by atoms with E-state index < -0.39 is 0 Å². The van der Waals surface area contributed by atoms with Crippen molar-refractivity contribution < 1.29 is 4.79 Å². The van der Waals surface area contributed by atoms with Crippen LogP contribution >= 0.6 is 11.6 Å². The topological polar surface area (TPSA) is 59.2 Å². The maximum atomic E-state index is 12.9. The molecule has 0 unspecified atom stereocenters. The van der Waals surface area contributed by atoms with Crippen LogP contribution in [0.4, 0.5) is 11.4 Å². The molecule has 0 spiro atoms. The van der Waals surface area contributed by atoms with Crippen molar-refractivity contribution in [1.82, 2.24) is 4.98 Å². The van der Waals surface area contributed by atoms with Crippen LogP contribution in [0.1, 0.15) is 15.9 Å². The number of hydrogen-bond acceptors (Lipinski definition) is 3. The number of carbonyl (C=O) groups is 1. The van der Waals surface area contributed by atoms with Crippen LogP contribution in [0.3, 0.4) is 0 Å². The molecule has 1 aliphatic rings. The average Bonchev–Trinajstić information content (AvgIpc) is 2.55. The van der Waals surface area contributed by atoms with Crippen molar-refractivity contribution in [3.05, 3.63) is 64.9 Å². The van der Waals surface area contributed by atoms with Gasteiger partial charge in [-0.15, -0.1) is 0 Å². The second kappa shape index (κ2) is 5.25. The van der Waals surface area contributed by atoms with Gasteiger partial charge >= 0.3 is 0 Å². The smallest absolute Gasteiger partial charge is 0.258 e. The van der Waals surface area contributed by atoms with Crippen LogP contribution in [-0.2, 0) is 6.42 Å². The first kappa shape index (κ1) is 14.0. The van der Waals surface area contributed by atoms with Gasteiger partial charge in [-0.2, -0.15) is 0 Å². The summed E-state index contributed by atoms with van der Waals surface area (Å²) in [6.45, 7) is 0.599. The number of amides is 1. The highest BCUT2D eigenvalue weighted by Gasteiger charge is 2.26. The molecule has 0 atom stereocenters. The number of carbonyl (C=O) groups excluding carboxylic acids is 1. The number of fused-ring (bicyclic) bond motifs is 2. The van der Waals surface area contributed by atoms with Crippen molar-refractivity contribution in [3.8, 4) is 0 Å². The number of nitrogens with zero attached hydrogens (tertiary/aromatic N) is 2. The highest BCUT2D eigenvalue weighted by Crippen LogP contribution is 2.32. The van der Waals surface area contributed by atoms with Crippen molar-refractivity contribution in [2.24, 2.45) is 0 Å². The maximum absolute atomic E-state index is 12.9. The summed E-state index contributed by atoms with van der Waals surface area (Å²) in [7, 11) is 0. The first-order chi connectivity index (χ1) is 11.1. The molecule has 0 fully saturated rings. The second-order valence-corrected chi connectivity index (χ2v) is 6.05. The summed E-state index contributed by atoms with van der Waals surface area (Å²) in [6.07, 6.45) is 4.22. The van der Waals surface area contributed by atoms with Crippen LogP contribution in [-0.4, -0.2) is 17.4 Å². The summed E-state index contributed by atoms with van der Waals surface area (Å²) in [5, 5.41) is 2.45. The van der Waals surface area contributed by atoms with Crippen LogP contribution in [0.2, 0.25) is 5.02 Å². The van der Waals surface area contributed by atoms with Gasteiger partial charge in [-0.25, -0.2) is 0 Å². The summed E-state index contributed by atoms with van der Waals surface area (Å²) in [5.41, 5.74) is 9.17. The molecule has 0 radical (unpaired) electrons. The fourth-order valence-corrected chi connectivity index (χ4v) is 3.30. The Labute approximate surface area is 138 Å². The summed E-state index contributed by atoms with van der Waals surface area (Å²) < 4.78 is 0. The molecule has 0 saturated carbocycles. The lowest BCUT2D eigenvalue weighted by Gasteiger charge is -2.29. The van der Waals surface area contributed by atoms with Gasteiger partial charge in [0.05, 0.1) is 11.9 Å². The Morgan fingerprint density at radius 2 is 2.00 bits per heavy atom. The van der Waals surface area contributed by atoms with Gasteiger partial charge in [-0.3, -0.25) is 9.78 Å². The number of benzene rings is 2. The molecule has 23 heavy (non-hydrogen) atoms. The van der Waals surface area contributed by atoms with E-state index >= 15 is 0 Å². The molecule has 1 aliphatic heterocycles. The summed E-state index contributed by atoms with van der Waals surface area (Å²) >= 11 is 6.02. The first-order valence-electron chi connectivity index (χ1n) is 7.37. The number of nitrogen functional groups attached to an aromatic ring is 1. The van der Waals surface area contributed by atoms with E-state index in [1.54, 1.807) is 29.4 Å². The molecule has 1 aromatic heterocycles. The number of aromatic nitrogens is 1. The molecule has 4 nitrogen and oxygen atoms in total. The molecule has 114 valence electrons. The van der Waals surface area contributed by atoms with Crippen molar-refractivity contribution in [3.63, 3.8) is 0 Å². The van der Waals surface area contributed by atoms with E-state index in [4.69, 9.17) is 17.3 Å². The molecule has 5 heteroatoms. The van der Waals surface area contributed by atoms with Gasteiger partial charge in [0.25, 0.3) is 5.91 Å². The van der Waals surface area contributed by atoms with Crippen molar-refractivity contribution in [2.45, 2.75) is 6.42 Å². The molecule has 0 bridgehead atoms. The first-order valence-corrected chi connectivity index (χ1v) is 7.75. The lowest BCUT2D eigenvalue weighted by Crippen LogP contribution is -2.37. The van der Waals surface area contributed by atoms with E-state index in [-0.39, 0.29) is 5.91 Å². The summed E-state index contributed by atoms with van der Waals surface area (Å²) in [5.74, 6) is -0.0281. The normalized spacial score (nSPS) is 14.1. The van der Waals surface area contributed by atoms with Gasteiger partial charge in [-0.05, 0) is 36.2 Å². The standard InChI is InChI=1S/C18H14ClN3O/c19-12-4-5-13-11(8-12)6-7-22(18(13)23)17-10-21-9-15-14(17)2-1-3-16(15)20/h1-5,8-10H,6-7,20H2. The van der Waals surface area contributed by atoms with Gasteiger partial charge in [0, 0.05) is 39.8 Å². The molecule has 2 N–H and O–H groups in total. The van der Waals surface area contributed by atoms with E-state index in [0.29, 0.717) is 22.8 Å². The molecular formula is C18H14ClN3O. The minimum absolute atomic E-state index is 0.0281. The molecular weight excluding hydrogens is 310 g/mol. The van der Waals surface area contributed by atoms with Crippen LogP contribution in [0.5, 0.6) is 0 Å². The Kier molecular flexibility index (Phi) is 3.20. The SMILES string of the molecule is Nc1cccc2c(N3CCc4cc(Cl)ccc4C3=O)cncc12. The fraction of sp³-hybridized carbons (Fsp3) is 0.111. The highest BCUT2D eigenvalue weighted by atomic mass is 35.5. The fourth-order valence-electron chi connectivity index (χ4n) is 3.10. The highest BCUT2D eigenvalue weighted by molar-refractivity contribution is 6.30. The third kappa shape index (κ3) is 2.23. The zero-order valence-electron chi connectivity index (χ0n) is 12.3. The summed E-state index contributed by atoms with van der Waals surface area (Å²) in [4.78, 5) is 18.9. The van der Waals surface area contributed by atoms with E-state index in [0.717, 1.165) is 28.4 Å². The lowest BCUT2D eigenvalue weighted by molar-refractivity contribution is 0.0981. The third-order valence-corrected chi connectivity index (χ3v) is 4.49. The second-order valence-electron chi connectivity index (χ2n) is 5.61.